The molecular formula is C21H29ClN4O2. The summed E-state index contributed by atoms with van der Waals surface area (Å²) in [7, 11) is 1.76. The van der Waals surface area contributed by atoms with E-state index in [9.17, 15) is 0 Å². The second-order valence-corrected chi connectivity index (χ2v) is 6.64. The molecule has 0 fully saturated rings. The molecule has 0 aliphatic rings. The molecule has 2 aromatic rings. The molecule has 0 spiro atoms. The molecule has 0 saturated carbocycles. The summed E-state index contributed by atoms with van der Waals surface area (Å²) >= 11 is 5.81. The molecule has 2 N–H and O–H groups in total. The zero-order valence-corrected chi connectivity index (χ0v) is 17.6. The zero-order valence-electron chi connectivity index (χ0n) is 16.8. The average Bonchev–Trinajstić information content (AvgIpc) is 2.70. The van der Waals surface area contributed by atoms with Crippen LogP contribution >= 0.6 is 11.6 Å². The number of aryl methyl sites for hydroxylation is 1. The molecule has 1 heterocycles. The van der Waals surface area contributed by atoms with Crippen molar-refractivity contribution in [3.05, 3.63) is 58.4 Å². The van der Waals surface area contributed by atoms with Gasteiger partial charge in [0.2, 0.25) is 0 Å². The minimum Gasteiger partial charge on any atom is -0.491 e. The lowest BCUT2D eigenvalue weighted by molar-refractivity contribution is 0.110. The summed E-state index contributed by atoms with van der Waals surface area (Å²) in [6.45, 7) is 7.20. The van der Waals surface area contributed by atoms with E-state index in [0.717, 1.165) is 41.4 Å². The van der Waals surface area contributed by atoms with Gasteiger partial charge in [-0.3, -0.25) is 4.99 Å². The van der Waals surface area contributed by atoms with Crippen molar-refractivity contribution in [3.63, 3.8) is 0 Å². The molecule has 0 saturated heterocycles. The fraction of sp³-hybridized carbons (Fsp3) is 0.429. The molecule has 0 bridgehead atoms. The van der Waals surface area contributed by atoms with Gasteiger partial charge in [-0.25, -0.2) is 4.98 Å². The third kappa shape index (κ3) is 7.74. The van der Waals surface area contributed by atoms with E-state index in [0.29, 0.717) is 31.5 Å². The van der Waals surface area contributed by atoms with Gasteiger partial charge in [-0.05, 0) is 43.5 Å². The van der Waals surface area contributed by atoms with Crippen LogP contribution < -0.4 is 15.4 Å². The van der Waals surface area contributed by atoms with Crippen LogP contribution in [0.15, 0.2) is 41.5 Å². The molecule has 6 nitrogen and oxygen atoms in total. The first-order valence-electron chi connectivity index (χ1n) is 9.47. The van der Waals surface area contributed by atoms with Gasteiger partial charge in [0.25, 0.3) is 0 Å². The molecule has 2 rings (SSSR count). The summed E-state index contributed by atoms with van der Waals surface area (Å²) in [4.78, 5) is 8.37. The Kier molecular flexibility index (Phi) is 9.59. The third-order valence-electron chi connectivity index (χ3n) is 4.08. The zero-order chi connectivity index (χ0) is 20.2. The Morgan fingerprint density at radius 2 is 2.04 bits per heavy atom. The Labute approximate surface area is 172 Å². The van der Waals surface area contributed by atoms with Gasteiger partial charge in [0.05, 0.1) is 6.61 Å². The van der Waals surface area contributed by atoms with Crippen molar-refractivity contribution in [1.29, 1.82) is 0 Å². The molecular weight excluding hydrogens is 376 g/mol. The fourth-order valence-electron chi connectivity index (χ4n) is 2.58. The Hall–Kier alpha value is -2.31. The minimum atomic E-state index is 0.506. The molecule has 0 aliphatic carbocycles. The molecule has 0 unspecified atom stereocenters. The number of ether oxygens (including phenoxy) is 2. The highest BCUT2D eigenvalue weighted by Gasteiger charge is 2.06. The first kappa shape index (κ1) is 22.0. The van der Waals surface area contributed by atoms with Crippen molar-refractivity contribution in [2.24, 2.45) is 4.99 Å². The van der Waals surface area contributed by atoms with Crippen LogP contribution in [0.5, 0.6) is 5.75 Å². The number of halogens is 1. The number of benzene rings is 1. The second-order valence-electron chi connectivity index (χ2n) is 6.25. The van der Waals surface area contributed by atoms with Crippen molar-refractivity contribution in [3.8, 4) is 5.75 Å². The molecule has 7 heteroatoms. The topological polar surface area (TPSA) is 67.8 Å². The molecule has 0 aliphatic heterocycles. The molecule has 0 atom stereocenters. The van der Waals surface area contributed by atoms with Gasteiger partial charge >= 0.3 is 0 Å². The highest BCUT2D eigenvalue weighted by Crippen LogP contribution is 2.20. The largest absolute Gasteiger partial charge is 0.491 e. The van der Waals surface area contributed by atoms with Crippen LogP contribution in [0.3, 0.4) is 0 Å². The van der Waals surface area contributed by atoms with E-state index >= 15 is 0 Å². The summed E-state index contributed by atoms with van der Waals surface area (Å²) in [5.41, 5.74) is 3.36. The highest BCUT2D eigenvalue weighted by atomic mass is 35.5. The number of pyridine rings is 1. The monoisotopic (exact) mass is 404 g/mol. The molecule has 0 amide bonds. The van der Waals surface area contributed by atoms with E-state index in [1.54, 1.807) is 19.3 Å². The van der Waals surface area contributed by atoms with E-state index in [1.165, 1.54) is 0 Å². The SMILES string of the molecule is CCOCCOc1cc(C)ccc1CNC(=NC)NCCc1ccc(Cl)nc1. The van der Waals surface area contributed by atoms with Crippen LogP contribution in [0.4, 0.5) is 0 Å². The highest BCUT2D eigenvalue weighted by molar-refractivity contribution is 6.29. The maximum absolute atomic E-state index is 5.89. The standard InChI is InChI=1S/C21H29ClN4O2/c1-4-27-11-12-28-19-13-16(2)5-7-18(19)15-26-21(23-3)24-10-9-17-6-8-20(22)25-14-17/h5-8,13-14H,4,9-12,15H2,1-3H3,(H2,23,24,26). The van der Waals surface area contributed by atoms with Crippen molar-refractivity contribution in [1.82, 2.24) is 15.6 Å². The van der Waals surface area contributed by atoms with Crippen molar-refractivity contribution >= 4 is 17.6 Å². The number of nitrogens with one attached hydrogen (secondary N) is 2. The summed E-state index contributed by atoms with van der Waals surface area (Å²) in [6, 6.07) is 9.98. The second kappa shape index (κ2) is 12.2. The van der Waals surface area contributed by atoms with Crippen LogP contribution in [0, 0.1) is 6.92 Å². The van der Waals surface area contributed by atoms with E-state index < -0.39 is 0 Å². The third-order valence-corrected chi connectivity index (χ3v) is 4.30. The van der Waals surface area contributed by atoms with E-state index in [4.69, 9.17) is 21.1 Å². The van der Waals surface area contributed by atoms with E-state index in [2.05, 4.69) is 39.7 Å². The quantitative estimate of drug-likeness (QED) is 0.275. The number of nitrogens with zero attached hydrogens (tertiary/aromatic N) is 2. The predicted molar refractivity (Wildman–Crippen MR) is 114 cm³/mol. The molecule has 1 aromatic heterocycles. The molecule has 28 heavy (non-hydrogen) atoms. The Bertz CT molecular complexity index is 751. The lowest BCUT2D eigenvalue weighted by atomic mass is 10.1. The van der Waals surface area contributed by atoms with Crippen LogP contribution in [-0.4, -0.2) is 44.4 Å². The van der Waals surface area contributed by atoms with Gasteiger partial charge in [-0.1, -0.05) is 29.8 Å². The number of hydrogen-bond acceptors (Lipinski definition) is 4. The summed E-state index contributed by atoms with van der Waals surface area (Å²) in [6.07, 6.45) is 2.62. The van der Waals surface area contributed by atoms with E-state index in [1.807, 2.05) is 19.1 Å². The van der Waals surface area contributed by atoms with Gasteiger partial charge in [0.15, 0.2) is 5.96 Å². The summed E-state index contributed by atoms with van der Waals surface area (Å²) in [5.74, 6) is 1.61. The number of aliphatic imine (C=N–C) groups is 1. The summed E-state index contributed by atoms with van der Waals surface area (Å²) < 4.78 is 11.2. The fourth-order valence-corrected chi connectivity index (χ4v) is 2.69. The van der Waals surface area contributed by atoms with E-state index in [-0.39, 0.29) is 0 Å². The smallest absolute Gasteiger partial charge is 0.191 e. The van der Waals surface area contributed by atoms with Gasteiger partial charge in [0.1, 0.15) is 17.5 Å². The van der Waals surface area contributed by atoms with Crippen LogP contribution in [0.25, 0.3) is 0 Å². The number of rotatable bonds is 10. The van der Waals surface area contributed by atoms with Gasteiger partial charge in [0, 0.05) is 38.5 Å². The number of hydrogen-bond donors (Lipinski definition) is 2. The van der Waals surface area contributed by atoms with Crippen LogP contribution in [0.1, 0.15) is 23.6 Å². The lowest BCUT2D eigenvalue weighted by Gasteiger charge is -2.15. The number of guanidine groups is 1. The molecule has 152 valence electrons. The van der Waals surface area contributed by atoms with Crippen LogP contribution in [0.2, 0.25) is 5.15 Å². The van der Waals surface area contributed by atoms with Gasteiger partial charge < -0.3 is 20.1 Å². The van der Waals surface area contributed by atoms with Gasteiger partial charge in [-0.2, -0.15) is 0 Å². The Morgan fingerprint density at radius 3 is 2.75 bits per heavy atom. The summed E-state index contributed by atoms with van der Waals surface area (Å²) in [5, 5.41) is 7.15. The first-order chi connectivity index (χ1) is 13.6. The Balaban J connectivity index is 1.84. The van der Waals surface area contributed by atoms with Crippen molar-refractivity contribution in [2.45, 2.75) is 26.8 Å². The van der Waals surface area contributed by atoms with Gasteiger partial charge in [-0.15, -0.1) is 0 Å². The van der Waals surface area contributed by atoms with Crippen molar-refractivity contribution < 1.29 is 9.47 Å². The Morgan fingerprint density at radius 1 is 1.18 bits per heavy atom. The first-order valence-corrected chi connectivity index (χ1v) is 9.85. The van der Waals surface area contributed by atoms with Crippen molar-refractivity contribution in [2.75, 3.05) is 33.4 Å². The normalized spacial score (nSPS) is 11.4. The number of aromatic nitrogens is 1. The lowest BCUT2D eigenvalue weighted by Crippen LogP contribution is -2.38. The molecule has 0 radical (unpaired) electrons. The molecule has 1 aromatic carbocycles. The minimum absolute atomic E-state index is 0.506. The average molecular weight is 405 g/mol. The maximum atomic E-state index is 5.89. The van der Waals surface area contributed by atoms with Crippen LogP contribution in [-0.2, 0) is 17.7 Å². The predicted octanol–water partition coefficient (Wildman–Crippen LogP) is 3.37. The maximum Gasteiger partial charge on any atom is 0.191 e.